The molecule has 8 heteroatoms. The van der Waals surface area contributed by atoms with E-state index in [1.54, 1.807) is 35.0 Å². The first-order valence-corrected chi connectivity index (χ1v) is 10.4. The van der Waals surface area contributed by atoms with E-state index in [0.29, 0.717) is 30.8 Å². The molecule has 0 bridgehead atoms. The summed E-state index contributed by atoms with van der Waals surface area (Å²) in [7, 11) is 0. The largest absolute Gasteiger partial charge is 0.457 e. The van der Waals surface area contributed by atoms with Gasteiger partial charge in [0.2, 0.25) is 0 Å². The molecular formula is C20H14BrFN2O2S2. The predicted molar refractivity (Wildman–Crippen MR) is 117 cm³/mol. The fourth-order valence-electron chi connectivity index (χ4n) is 3.00. The zero-order chi connectivity index (χ0) is 20.0. The summed E-state index contributed by atoms with van der Waals surface area (Å²) in [5.74, 6) is 0.243. The first-order chi connectivity index (χ1) is 13.3. The van der Waals surface area contributed by atoms with Crippen LogP contribution in [-0.4, -0.2) is 14.9 Å². The van der Waals surface area contributed by atoms with E-state index >= 15 is 0 Å². The Bertz CT molecular complexity index is 1130. The molecule has 4 rings (SSSR count). The number of hydrogen-bond donors (Lipinski definition) is 0. The van der Waals surface area contributed by atoms with Gasteiger partial charge in [0.25, 0.3) is 5.91 Å². The number of carbonyl (C=O) groups excluding carboxylic acids is 1. The van der Waals surface area contributed by atoms with Crippen molar-refractivity contribution >= 4 is 56.2 Å². The normalized spacial score (nSPS) is 15.9. The minimum Gasteiger partial charge on any atom is -0.457 e. The Morgan fingerprint density at radius 1 is 1.14 bits per heavy atom. The summed E-state index contributed by atoms with van der Waals surface area (Å²) in [5.41, 5.74) is 2.19. The topological polar surface area (TPSA) is 38.4 Å². The van der Waals surface area contributed by atoms with Crippen LogP contribution < -0.4 is 5.01 Å². The van der Waals surface area contributed by atoms with Gasteiger partial charge in [-0.1, -0.05) is 27.7 Å². The number of hydrogen-bond acceptors (Lipinski definition) is 4. The number of aryl methyl sites for hydroxylation is 2. The fourth-order valence-corrected chi connectivity index (χ4v) is 4.56. The van der Waals surface area contributed by atoms with Gasteiger partial charge in [-0.2, -0.15) is 5.01 Å². The molecule has 3 aromatic rings. The van der Waals surface area contributed by atoms with Gasteiger partial charge in [0, 0.05) is 21.9 Å². The number of benzene rings is 1. The van der Waals surface area contributed by atoms with E-state index < -0.39 is 0 Å². The van der Waals surface area contributed by atoms with Crippen LogP contribution in [0.15, 0.2) is 56.3 Å². The third-order valence-corrected chi connectivity index (χ3v) is 6.08. The van der Waals surface area contributed by atoms with Gasteiger partial charge < -0.3 is 4.42 Å². The third-order valence-electron chi connectivity index (χ3n) is 4.30. The van der Waals surface area contributed by atoms with Crippen LogP contribution in [0, 0.1) is 19.7 Å². The SMILES string of the molecule is Cc1ccc(C)n1N1C(=O)/C(=C/c2ccc(-c3ccc(Br)cc3F)o2)SC1=S. The second kappa shape index (κ2) is 7.35. The van der Waals surface area contributed by atoms with E-state index in [1.165, 1.54) is 22.8 Å². The molecule has 2 aromatic heterocycles. The summed E-state index contributed by atoms with van der Waals surface area (Å²) >= 11 is 9.86. The van der Waals surface area contributed by atoms with Crippen molar-refractivity contribution in [2.45, 2.75) is 13.8 Å². The molecule has 1 aromatic carbocycles. The lowest BCUT2D eigenvalue weighted by molar-refractivity contribution is -0.114. The standard InChI is InChI=1S/C20H14BrFN2O2S2/c1-11-3-4-12(2)23(11)24-19(25)18(28-20(24)27)10-14-6-8-17(26-14)15-7-5-13(21)9-16(15)22/h3-10H,1-2H3/b18-10-. The average molecular weight is 477 g/mol. The highest BCUT2D eigenvalue weighted by Crippen LogP contribution is 2.34. The lowest BCUT2D eigenvalue weighted by Gasteiger charge is -2.20. The molecule has 1 aliphatic rings. The van der Waals surface area contributed by atoms with E-state index in [9.17, 15) is 9.18 Å². The highest BCUT2D eigenvalue weighted by molar-refractivity contribution is 9.10. The Kier molecular flexibility index (Phi) is 5.03. The first kappa shape index (κ1) is 19.2. The van der Waals surface area contributed by atoms with E-state index in [-0.39, 0.29) is 11.7 Å². The van der Waals surface area contributed by atoms with Gasteiger partial charge in [0.1, 0.15) is 17.3 Å². The van der Waals surface area contributed by atoms with E-state index in [2.05, 4.69) is 15.9 Å². The van der Waals surface area contributed by atoms with Crippen LogP contribution in [0.4, 0.5) is 4.39 Å². The highest BCUT2D eigenvalue weighted by atomic mass is 79.9. The molecule has 0 atom stereocenters. The number of aromatic nitrogens is 1. The molecule has 0 unspecified atom stereocenters. The number of thioether (sulfide) groups is 1. The smallest absolute Gasteiger partial charge is 0.285 e. The molecule has 0 radical (unpaired) electrons. The Labute approximate surface area is 179 Å². The van der Waals surface area contributed by atoms with Gasteiger partial charge in [-0.25, -0.2) is 4.39 Å². The van der Waals surface area contributed by atoms with Crippen LogP contribution in [0.5, 0.6) is 0 Å². The van der Waals surface area contributed by atoms with Gasteiger partial charge in [-0.3, -0.25) is 9.47 Å². The van der Waals surface area contributed by atoms with Gasteiger partial charge >= 0.3 is 0 Å². The summed E-state index contributed by atoms with van der Waals surface area (Å²) in [6.07, 6.45) is 1.63. The van der Waals surface area contributed by atoms with Crippen molar-refractivity contribution in [3.63, 3.8) is 0 Å². The molecule has 3 heterocycles. The van der Waals surface area contributed by atoms with Crippen molar-refractivity contribution in [1.29, 1.82) is 0 Å². The second-order valence-electron chi connectivity index (χ2n) is 6.25. The van der Waals surface area contributed by atoms with Crippen LogP contribution in [0.25, 0.3) is 17.4 Å². The van der Waals surface area contributed by atoms with Crippen LogP contribution >= 0.6 is 39.9 Å². The lowest BCUT2D eigenvalue weighted by Crippen LogP contribution is -2.39. The van der Waals surface area contributed by atoms with Crippen LogP contribution in [0.1, 0.15) is 17.1 Å². The minimum absolute atomic E-state index is 0.217. The fraction of sp³-hybridized carbons (Fsp3) is 0.100. The van der Waals surface area contributed by atoms with Crippen molar-refractivity contribution < 1.29 is 13.6 Å². The Balaban J connectivity index is 1.65. The lowest BCUT2D eigenvalue weighted by atomic mass is 10.1. The number of thiocarbonyl (C=S) groups is 1. The Morgan fingerprint density at radius 3 is 2.54 bits per heavy atom. The molecular weight excluding hydrogens is 463 g/mol. The number of furan rings is 1. The number of rotatable bonds is 3. The summed E-state index contributed by atoms with van der Waals surface area (Å²) in [4.78, 5) is 13.4. The van der Waals surface area contributed by atoms with Gasteiger partial charge in [0.15, 0.2) is 4.32 Å². The Morgan fingerprint density at radius 2 is 1.86 bits per heavy atom. The number of carbonyl (C=O) groups is 1. The second-order valence-corrected chi connectivity index (χ2v) is 8.84. The quantitative estimate of drug-likeness (QED) is 0.353. The highest BCUT2D eigenvalue weighted by Gasteiger charge is 2.35. The number of nitrogens with zero attached hydrogens (tertiary/aromatic N) is 2. The maximum atomic E-state index is 14.2. The van der Waals surface area contributed by atoms with Crippen molar-refractivity contribution in [2.75, 3.05) is 5.01 Å². The Hall–Kier alpha value is -2.16. The summed E-state index contributed by atoms with van der Waals surface area (Å²) in [6, 6.07) is 12.0. The zero-order valence-electron chi connectivity index (χ0n) is 14.9. The van der Waals surface area contributed by atoms with E-state index in [4.69, 9.17) is 16.6 Å². The maximum absolute atomic E-state index is 14.2. The molecule has 4 nitrogen and oxygen atoms in total. The summed E-state index contributed by atoms with van der Waals surface area (Å²) in [6.45, 7) is 3.83. The zero-order valence-corrected chi connectivity index (χ0v) is 18.1. The predicted octanol–water partition coefficient (Wildman–Crippen LogP) is 5.80. The number of amides is 1. The van der Waals surface area contributed by atoms with Crippen LogP contribution in [0.2, 0.25) is 0 Å². The molecule has 1 amide bonds. The van der Waals surface area contributed by atoms with Gasteiger partial charge in [-0.15, -0.1) is 0 Å². The van der Waals surface area contributed by atoms with Crippen molar-refractivity contribution in [1.82, 2.24) is 4.68 Å². The van der Waals surface area contributed by atoms with Crippen molar-refractivity contribution in [3.8, 4) is 11.3 Å². The molecule has 142 valence electrons. The van der Waals surface area contributed by atoms with E-state index in [0.717, 1.165) is 11.4 Å². The minimum atomic E-state index is -0.389. The monoisotopic (exact) mass is 476 g/mol. The molecule has 0 spiro atoms. The first-order valence-electron chi connectivity index (χ1n) is 8.33. The van der Waals surface area contributed by atoms with Crippen molar-refractivity contribution in [3.05, 3.63) is 74.8 Å². The van der Waals surface area contributed by atoms with E-state index in [1.807, 2.05) is 26.0 Å². The molecule has 0 saturated carbocycles. The molecule has 0 N–H and O–H groups in total. The van der Waals surface area contributed by atoms with Gasteiger partial charge in [-0.05, 0) is 68.5 Å². The molecule has 1 aliphatic heterocycles. The third kappa shape index (κ3) is 3.36. The molecule has 0 aliphatic carbocycles. The molecule has 1 saturated heterocycles. The van der Waals surface area contributed by atoms with Crippen LogP contribution in [-0.2, 0) is 4.79 Å². The molecule has 1 fully saturated rings. The summed E-state index contributed by atoms with van der Waals surface area (Å²) < 4.78 is 22.8. The molecule has 28 heavy (non-hydrogen) atoms. The van der Waals surface area contributed by atoms with Crippen LogP contribution in [0.3, 0.4) is 0 Å². The van der Waals surface area contributed by atoms with Crippen molar-refractivity contribution in [2.24, 2.45) is 0 Å². The average Bonchev–Trinajstić information content (AvgIpc) is 3.29. The number of halogens is 2. The maximum Gasteiger partial charge on any atom is 0.285 e. The summed E-state index contributed by atoms with van der Waals surface area (Å²) in [5, 5.41) is 1.48. The van der Waals surface area contributed by atoms with Gasteiger partial charge in [0.05, 0.1) is 10.5 Å².